The summed E-state index contributed by atoms with van der Waals surface area (Å²) in [4.78, 5) is 0. The molecule has 3 nitrogen and oxygen atoms in total. The van der Waals surface area contributed by atoms with Crippen LogP contribution < -0.4 is 10.5 Å². The maximum Gasteiger partial charge on any atom is 0.119 e. The van der Waals surface area contributed by atoms with Crippen LogP contribution in [0.1, 0.15) is 63.5 Å². The van der Waals surface area contributed by atoms with E-state index in [-0.39, 0.29) is 12.1 Å². The molecule has 21 heavy (non-hydrogen) atoms. The van der Waals surface area contributed by atoms with Crippen molar-refractivity contribution in [2.45, 2.75) is 70.1 Å². The standard InChI is InChI=1S/C18H29NO2/c1-3-17(19)18(14-9-8-12-16(13-14)20-2)21-15-10-6-4-5-7-11-15/h8-9,12-13,15,17-18H,3-7,10-11,19H2,1-2H3. The molecule has 0 saturated heterocycles. The highest BCUT2D eigenvalue weighted by Crippen LogP contribution is 2.30. The summed E-state index contributed by atoms with van der Waals surface area (Å²) in [7, 11) is 1.69. The number of hydrogen-bond donors (Lipinski definition) is 1. The Bertz CT molecular complexity index is 413. The average molecular weight is 291 g/mol. The van der Waals surface area contributed by atoms with Gasteiger partial charge in [-0.25, -0.2) is 0 Å². The van der Waals surface area contributed by atoms with Crippen LogP contribution in [0.15, 0.2) is 24.3 Å². The van der Waals surface area contributed by atoms with Crippen molar-refractivity contribution in [3.05, 3.63) is 29.8 Å². The molecule has 0 spiro atoms. The molecular weight excluding hydrogens is 262 g/mol. The van der Waals surface area contributed by atoms with Crippen molar-refractivity contribution in [2.75, 3.05) is 7.11 Å². The van der Waals surface area contributed by atoms with Gasteiger partial charge in [0.2, 0.25) is 0 Å². The van der Waals surface area contributed by atoms with Crippen molar-refractivity contribution in [3.63, 3.8) is 0 Å². The fourth-order valence-corrected chi connectivity index (χ4v) is 3.04. The first-order chi connectivity index (χ1) is 10.2. The number of ether oxygens (including phenoxy) is 2. The van der Waals surface area contributed by atoms with Gasteiger partial charge in [-0.05, 0) is 37.0 Å². The van der Waals surface area contributed by atoms with E-state index in [4.69, 9.17) is 15.2 Å². The summed E-state index contributed by atoms with van der Waals surface area (Å²) in [5.74, 6) is 0.866. The monoisotopic (exact) mass is 291 g/mol. The molecule has 1 aromatic carbocycles. The number of nitrogens with two attached hydrogens (primary N) is 1. The van der Waals surface area contributed by atoms with Crippen molar-refractivity contribution >= 4 is 0 Å². The molecule has 2 unspecified atom stereocenters. The Morgan fingerprint density at radius 2 is 1.90 bits per heavy atom. The summed E-state index contributed by atoms with van der Waals surface area (Å²) < 4.78 is 11.8. The van der Waals surface area contributed by atoms with Gasteiger partial charge in [0.25, 0.3) is 0 Å². The highest BCUT2D eigenvalue weighted by molar-refractivity contribution is 5.30. The normalized spacial score (nSPS) is 19.8. The minimum absolute atomic E-state index is 0.0281. The van der Waals surface area contributed by atoms with E-state index in [1.54, 1.807) is 7.11 Å². The first-order valence-corrected chi connectivity index (χ1v) is 8.29. The number of rotatable bonds is 6. The first kappa shape index (κ1) is 16.3. The summed E-state index contributed by atoms with van der Waals surface area (Å²) in [6.07, 6.45) is 8.78. The van der Waals surface area contributed by atoms with E-state index in [1.165, 1.54) is 25.7 Å². The van der Waals surface area contributed by atoms with E-state index in [0.29, 0.717) is 6.10 Å². The second-order valence-electron chi connectivity index (χ2n) is 6.02. The van der Waals surface area contributed by atoms with Crippen LogP contribution >= 0.6 is 0 Å². The molecule has 0 heterocycles. The SMILES string of the molecule is CCC(N)C(OC1CCCCCC1)c1cccc(OC)c1. The number of benzene rings is 1. The molecule has 2 rings (SSSR count). The van der Waals surface area contributed by atoms with Gasteiger partial charge in [-0.3, -0.25) is 0 Å². The fourth-order valence-electron chi connectivity index (χ4n) is 3.04. The molecule has 0 aliphatic heterocycles. The lowest BCUT2D eigenvalue weighted by Gasteiger charge is -2.29. The molecule has 118 valence electrons. The predicted molar refractivity (Wildman–Crippen MR) is 86.6 cm³/mol. The molecule has 2 atom stereocenters. The van der Waals surface area contributed by atoms with Gasteiger partial charge < -0.3 is 15.2 Å². The molecule has 3 heteroatoms. The van der Waals surface area contributed by atoms with Gasteiger partial charge in [0, 0.05) is 6.04 Å². The lowest BCUT2D eigenvalue weighted by molar-refractivity contribution is -0.0342. The quantitative estimate of drug-likeness (QED) is 0.798. The smallest absolute Gasteiger partial charge is 0.119 e. The van der Waals surface area contributed by atoms with Crippen LogP contribution in [0.2, 0.25) is 0 Å². The third-order valence-corrected chi connectivity index (χ3v) is 4.42. The minimum Gasteiger partial charge on any atom is -0.497 e. The Kier molecular flexibility index (Phi) is 6.52. The van der Waals surface area contributed by atoms with Gasteiger partial charge in [-0.15, -0.1) is 0 Å². The molecular formula is C18H29NO2. The van der Waals surface area contributed by atoms with E-state index in [0.717, 1.165) is 30.6 Å². The lowest BCUT2D eigenvalue weighted by Crippen LogP contribution is -2.32. The Morgan fingerprint density at radius 3 is 2.52 bits per heavy atom. The van der Waals surface area contributed by atoms with Gasteiger partial charge in [0.15, 0.2) is 0 Å². The summed E-state index contributed by atoms with van der Waals surface area (Å²) in [5.41, 5.74) is 7.46. The van der Waals surface area contributed by atoms with E-state index in [1.807, 2.05) is 12.1 Å². The zero-order valence-electron chi connectivity index (χ0n) is 13.4. The Balaban J connectivity index is 2.12. The van der Waals surface area contributed by atoms with E-state index in [9.17, 15) is 0 Å². The van der Waals surface area contributed by atoms with Crippen LogP contribution in [0.3, 0.4) is 0 Å². The average Bonchev–Trinajstić information content (AvgIpc) is 2.80. The fraction of sp³-hybridized carbons (Fsp3) is 0.667. The third-order valence-electron chi connectivity index (χ3n) is 4.42. The highest BCUT2D eigenvalue weighted by Gasteiger charge is 2.24. The first-order valence-electron chi connectivity index (χ1n) is 8.29. The summed E-state index contributed by atoms with van der Waals surface area (Å²) in [6, 6.07) is 8.15. The molecule has 1 aromatic rings. The summed E-state index contributed by atoms with van der Waals surface area (Å²) >= 11 is 0. The van der Waals surface area contributed by atoms with E-state index < -0.39 is 0 Å². The maximum absolute atomic E-state index is 6.43. The van der Waals surface area contributed by atoms with Crippen molar-refractivity contribution in [1.29, 1.82) is 0 Å². The topological polar surface area (TPSA) is 44.5 Å². The zero-order valence-corrected chi connectivity index (χ0v) is 13.4. The van der Waals surface area contributed by atoms with Gasteiger partial charge in [0.05, 0.1) is 19.3 Å². The van der Waals surface area contributed by atoms with Crippen LogP contribution in [0.5, 0.6) is 5.75 Å². The second kappa shape index (κ2) is 8.40. The van der Waals surface area contributed by atoms with E-state index >= 15 is 0 Å². The summed E-state index contributed by atoms with van der Waals surface area (Å²) in [6.45, 7) is 2.12. The molecule has 1 fully saturated rings. The number of hydrogen-bond acceptors (Lipinski definition) is 3. The molecule has 1 aliphatic rings. The molecule has 1 aliphatic carbocycles. The van der Waals surface area contributed by atoms with Crippen LogP contribution in [0.25, 0.3) is 0 Å². The molecule has 0 aromatic heterocycles. The predicted octanol–water partition coefficient (Wildman–Crippen LogP) is 4.21. The maximum atomic E-state index is 6.43. The molecule has 0 radical (unpaired) electrons. The van der Waals surface area contributed by atoms with Crippen LogP contribution in [0, 0.1) is 0 Å². The van der Waals surface area contributed by atoms with Crippen LogP contribution in [0.4, 0.5) is 0 Å². The third kappa shape index (κ3) is 4.72. The highest BCUT2D eigenvalue weighted by atomic mass is 16.5. The molecule has 1 saturated carbocycles. The van der Waals surface area contributed by atoms with Gasteiger partial charge in [0.1, 0.15) is 5.75 Å². The van der Waals surface area contributed by atoms with Crippen molar-refractivity contribution < 1.29 is 9.47 Å². The Hall–Kier alpha value is -1.06. The van der Waals surface area contributed by atoms with Crippen LogP contribution in [-0.4, -0.2) is 19.3 Å². The number of methoxy groups -OCH3 is 1. The van der Waals surface area contributed by atoms with Gasteiger partial charge >= 0.3 is 0 Å². The second-order valence-corrected chi connectivity index (χ2v) is 6.02. The minimum atomic E-state index is -0.0341. The Labute approximate surface area is 128 Å². The van der Waals surface area contributed by atoms with E-state index in [2.05, 4.69) is 19.1 Å². The summed E-state index contributed by atoms with van der Waals surface area (Å²) in [5, 5.41) is 0. The molecule has 0 bridgehead atoms. The molecule has 0 amide bonds. The van der Waals surface area contributed by atoms with Crippen LogP contribution in [-0.2, 0) is 4.74 Å². The molecule has 2 N–H and O–H groups in total. The van der Waals surface area contributed by atoms with Crippen molar-refractivity contribution in [3.8, 4) is 5.75 Å². The Morgan fingerprint density at radius 1 is 1.19 bits per heavy atom. The lowest BCUT2D eigenvalue weighted by atomic mass is 9.99. The van der Waals surface area contributed by atoms with Crippen molar-refractivity contribution in [1.82, 2.24) is 0 Å². The zero-order chi connectivity index (χ0) is 15.1. The van der Waals surface area contributed by atoms with Gasteiger partial charge in [-0.1, -0.05) is 44.7 Å². The largest absolute Gasteiger partial charge is 0.497 e. The van der Waals surface area contributed by atoms with Crippen molar-refractivity contribution in [2.24, 2.45) is 5.73 Å². The van der Waals surface area contributed by atoms with Gasteiger partial charge in [-0.2, -0.15) is 0 Å².